The first-order valence-corrected chi connectivity index (χ1v) is 8.52. The highest BCUT2D eigenvalue weighted by molar-refractivity contribution is 5.79. The second kappa shape index (κ2) is 7.11. The Bertz CT molecular complexity index is 759. The maximum absolute atomic E-state index is 12.3. The molecular weight excluding hydrogens is 318 g/mol. The van der Waals surface area contributed by atoms with Crippen molar-refractivity contribution in [2.45, 2.75) is 38.3 Å². The van der Waals surface area contributed by atoms with Gasteiger partial charge in [0, 0.05) is 18.6 Å². The van der Waals surface area contributed by atoms with Crippen LogP contribution in [0, 0.1) is 11.3 Å². The van der Waals surface area contributed by atoms with Crippen LogP contribution in [0.5, 0.6) is 0 Å². The van der Waals surface area contributed by atoms with Crippen molar-refractivity contribution in [3.8, 4) is 6.07 Å². The molecule has 0 bridgehead atoms. The monoisotopic (exact) mass is 341 g/mol. The molecule has 25 heavy (non-hydrogen) atoms. The molecule has 0 saturated carbocycles. The van der Waals surface area contributed by atoms with Crippen molar-refractivity contribution < 1.29 is 9.21 Å². The maximum Gasteiger partial charge on any atom is 0.295 e. The molecule has 2 aromatic rings. The van der Waals surface area contributed by atoms with E-state index in [1.807, 2.05) is 38.1 Å². The van der Waals surface area contributed by atoms with Crippen LogP contribution in [0.4, 0.5) is 6.01 Å². The van der Waals surface area contributed by atoms with Gasteiger partial charge in [-0.25, -0.2) is 0 Å². The molecule has 2 heterocycles. The lowest BCUT2D eigenvalue weighted by Gasteiger charge is -2.28. The Hall–Kier alpha value is -2.59. The number of anilines is 1. The third kappa shape index (κ3) is 4.09. The van der Waals surface area contributed by atoms with Gasteiger partial charge in [-0.1, -0.05) is 12.1 Å². The molecule has 1 aromatic carbocycles. The first-order valence-electron chi connectivity index (χ1n) is 8.52. The number of oxazole rings is 1. The lowest BCUT2D eigenvalue weighted by Crippen LogP contribution is -2.50. The van der Waals surface area contributed by atoms with Gasteiger partial charge in [0.25, 0.3) is 6.01 Å². The van der Waals surface area contributed by atoms with Crippen molar-refractivity contribution in [1.82, 2.24) is 15.2 Å². The van der Waals surface area contributed by atoms with Crippen molar-refractivity contribution >= 4 is 23.0 Å². The predicted octanol–water partition coefficient (Wildman–Crippen LogP) is 2.12. The summed E-state index contributed by atoms with van der Waals surface area (Å²) < 4.78 is 5.64. The molecule has 132 valence electrons. The number of aromatic nitrogens is 1. The second-order valence-corrected chi connectivity index (χ2v) is 6.95. The third-order valence-electron chi connectivity index (χ3n) is 4.42. The number of likely N-dealkylation sites (tertiary alicyclic amines) is 1. The number of nitrogens with zero attached hydrogens (tertiary/aromatic N) is 3. The zero-order valence-electron chi connectivity index (χ0n) is 14.6. The van der Waals surface area contributed by atoms with Gasteiger partial charge in [0.2, 0.25) is 5.91 Å². The van der Waals surface area contributed by atoms with Crippen LogP contribution < -0.4 is 10.6 Å². The Morgan fingerprint density at radius 2 is 2.28 bits per heavy atom. The van der Waals surface area contributed by atoms with E-state index in [0.717, 1.165) is 23.9 Å². The molecule has 1 fully saturated rings. The Kier molecular flexibility index (Phi) is 4.91. The number of hydrogen-bond acceptors (Lipinski definition) is 6. The average molecular weight is 341 g/mol. The fourth-order valence-electron chi connectivity index (χ4n) is 2.92. The zero-order chi connectivity index (χ0) is 17.9. The Morgan fingerprint density at radius 3 is 3.04 bits per heavy atom. The quantitative estimate of drug-likeness (QED) is 0.836. The highest BCUT2D eigenvalue weighted by atomic mass is 16.4. The molecule has 1 atom stereocenters. The Morgan fingerprint density at radius 1 is 1.48 bits per heavy atom. The van der Waals surface area contributed by atoms with E-state index in [-0.39, 0.29) is 24.0 Å². The number of benzene rings is 1. The summed E-state index contributed by atoms with van der Waals surface area (Å²) >= 11 is 0. The number of carbonyl (C=O) groups excluding carboxylic acids is 1. The molecule has 0 spiro atoms. The summed E-state index contributed by atoms with van der Waals surface area (Å²) in [5.74, 6) is -0.0287. The summed E-state index contributed by atoms with van der Waals surface area (Å²) in [4.78, 5) is 18.4. The van der Waals surface area contributed by atoms with Crippen LogP contribution in [0.2, 0.25) is 0 Å². The van der Waals surface area contributed by atoms with E-state index >= 15 is 0 Å². The zero-order valence-corrected chi connectivity index (χ0v) is 14.6. The summed E-state index contributed by atoms with van der Waals surface area (Å²) in [6.07, 6.45) is 1.66. The number of nitrogens with one attached hydrogen (secondary N) is 2. The topological polar surface area (TPSA) is 94.2 Å². The highest BCUT2D eigenvalue weighted by Gasteiger charge is 2.29. The number of rotatable bonds is 6. The molecule has 7 heteroatoms. The summed E-state index contributed by atoms with van der Waals surface area (Å²) in [6, 6.07) is 9.97. The third-order valence-corrected chi connectivity index (χ3v) is 4.42. The molecule has 2 N–H and O–H groups in total. The van der Waals surface area contributed by atoms with Gasteiger partial charge < -0.3 is 20.0 Å². The molecule has 0 unspecified atom stereocenters. The van der Waals surface area contributed by atoms with Gasteiger partial charge in [0.05, 0.1) is 12.6 Å². The molecule has 1 aromatic heterocycles. The van der Waals surface area contributed by atoms with Gasteiger partial charge in [0.1, 0.15) is 11.6 Å². The van der Waals surface area contributed by atoms with Crippen molar-refractivity contribution in [3.05, 3.63) is 24.3 Å². The molecule has 1 aliphatic heterocycles. The first kappa shape index (κ1) is 17.2. The van der Waals surface area contributed by atoms with Gasteiger partial charge in [0.15, 0.2) is 5.58 Å². The summed E-state index contributed by atoms with van der Waals surface area (Å²) in [5, 5.41) is 15.5. The van der Waals surface area contributed by atoms with Crippen molar-refractivity contribution in [2.75, 3.05) is 25.0 Å². The van der Waals surface area contributed by atoms with Gasteiger partial charge in [-0.2, -0.15) is 10.2 Å². The van der Waals surface area contributed by atoms with E-state index in [2.05, 4.69) is 21.7 Å². The molecule has 1 amide bonds. The first-order chi connectivity index (χ1) is 12.0. The summed E-state index contributed by atoms with van der Waals surface area (Å²) in [5.41, 5.74) is 1.21. The molecule has 7 nitrogen and oxygen atoms in total. The number of fused-ring (bicyclic) bond motifs is 1. The van der Waals surface area contributed by atoms with E-state index < -0.39 is 0 Å². The average Bonchev–Trinajstić information content (AvgIpc) is 3.24. The van der Waals surface area contributed by atoms with Crippen molar-refractivity contribution in [2.24, 2.45) is 0 Å². The predicted molar refractivity (Wildman–Crippen MR) is 94.9 cm³/mol. The maximum atomic E-state index is 12.3. The standard InChI is InChI=1S/C18H23N5O2/c1-18(2,21-11-16(24)23-9-5-6-13(23)10-19)12-20-17-22-14-7-3-4-8-15(14)25-17/h3-4,7-8,13,21H,5-6,9,11-12H2,1-2H3,(H,20,22)/t13-/m0/s1. The van der Waals surface area contributed by atoms with Gasteiger partial charge in [-0.05, 0) is 38.8 Å². The smallest absolute Gasteiger partial charge is 0.295 e. The second-order valence-electron chi connectivity index (χ2n) is 6.95. The number of carbonyl (C=O) groups is 1. The van der Waals surface area contributed by atoms with Gasteiger partial charge in [-0.15, -0.1) is 0 Å². The minimum Gasteiger partial charge on any atom is -0.424 e. The molecular formula is C18H23N5O2. The van der Waals surface area contributed by atoms with Crippen LogP contribution in [-0.2, 0) is 4.79 Å². The van der Waals surface area contributed by atoms with Crippen LogP contribution in [0.3, 0.4) is 0 Å². The van der Waals surface area contributed by atoms with E-state index in [1.165, 1.54) is 0 Å². The number of amides is 1. The normalized spacial score (nSPS) is 17.6. The van der Waals surface area contributed by atoms with Crippen LogP contribution in [0.1, 0.15) is 26.7 Å². The van der Waals surface area contributed by atoms with E-state index in [4.69, 9.17) is 9.68 Å². The fraction of sp³-hybridized carbons (Fsp3) is 0.500. The van der Waals surface area contributed by atoms with Crippen molar-refractivity contribution in [3.63, 3.8) is 0 Å². The summed E-state index contributed by atoms with van der Waals surface area (Å²) in [6.45, 7) is 5.43. The lowest BCUT2D eigenvalue weighted by atomic mass is 10.1. The largest absolute Gasteiger partial charge is 0.424 e. The van der Waals surface area contributed by atoms with Crippen LogP contribution in [-0.4, -0.2) is 47.0 Å². The minimum absolute atomic E-state index is 0.0287. The van der Waals surface area contributed by atoms with Gasteiger partial charge >= 0.3 is 0 Å². The minimum atomic E-state index is -0.335. The molecule has 3 rings (SSSR count). The fourth-order valence-corrected chi connectivity index (χ4v) is 2.92. The SMILES string of the molecule is CC(C)(CNc1nc2ccccc2o1)NCC(=O)N1CCC[C@H]1C#N. The number of hydrogen-bond donors (Lipinski definition) is 2. The summed E-state index contributed by atoms with van der Waals surface area (Å²) in [7, 11) is 0. The van der Waals surface area contributed by atoms with E-state index in [9.17, 15) is 4.79 Å². The number of para-hydroxylation sites is 2. The van der Waals surface area contributed by atoms with E-state index in [1.54, 1.807) is 4.90 Å². The van der Waals surface area contributed by atoms with Gasteiger partial charge in [-0.3, -0.25) is 4.79 Å². The Labute approximate surface area is 147 Å². The molecule has 1 aliphatic rings. The van der Waals surface area contributed by atoms with Crippen molar-refractivity contribution in [1.29, 1.82) is 5.26 Å². The van der Waals surface area contributed by atoms with Crippen LogP contribution >= 0.6 is 0 Å². The van der Waals surface area contributed by atoms with Crippen LogP contribution in [0.25, 0.3) is 11.1 Å². The van der Waals surface area contributed by atoms with E-state index in [0.29, 0.717) is 19.1 Å². The Balaban J connectivity index is 1.51. The lowest BCUT2D eigenvalue weighted by molar-refractivity contribution is -0.130. The molecule has 0 aliphatic carbocycles. The van der Waals surface area contributed by atoms with Crippen LogP contribution in [0.15, 0.2) is 28.7 Å². The number of nitriles is 1. The molecule has 0 radical (unpaired) electrons. The highest BCUT2D eigenvalue weighted by Crippen LogP contribution is 2.19. The molecule has 1 saturated heterocycles.